The second kappa shape index (κ2) is 6.58. The van der Waals surface area contributed by atoms with Gasteiger partial charge in [0.05, 0.1) is 6.61 Å². The number of nitrogens with one attached hydrogen (secondary N) is 1. The summed E-state index contributed by atoms with van der Waals surface area (Å²) in [6.45, 7) is 7.89. The SMILES string of the molecule is CCCCN(CC1CCCN1)C1CCOC1. The van der Waals surface area contributed by atoms with E-state index in [9.17, 15) is 0 Å². The van der Waals surface area contributed by atoms with Crippen molar-refractivity contribution >= 4 is 0 Å². The van der Waals surface area contributed by atoms with E-state index in [1.807, 2.05) is 0 Å². The van der Waals surface area contributed by atoms with Gasteiger partial charge in [0.2, 0.25) is 0 Å². The van der Waals surface area contributed by atoms with Crippen molar-refractivity contribution in [2.75, 3.05) is 32.8 Å². The Labute approximate surface area is 99.5 Å². The normalized spacial score (nSPS) is 30.4. The van der Waals surface area contributed by atoms with Gasteiger partial charge in [-0.1, -0.05) is 13.3 Å². The lowest BCUT2D eigenvalue weighted by molar-refractivity contribution is 0.135. The number of hydrogen-bond donors (Lipinski definition) is 1. The van der Waals surface area contributed by atoms with Gasteiger partial charge in [-0.15, -0.1) is 0 Å². The fraction of sp³-hybridized carbons (Fsp3) is 1.00. The fourth-order valence-electron chi connectivity index (χ4n) is 2.79. The smallest absolute Gasteiger partial charge is 0.0622 e. The van der Waals surface area contributed by atoms with Gasteiger partial charge in [0, 0.05) is 25.2 Å². The first-order chi connectivity index (χ1) is 7.90. The molecule has 1 N–H and O–H groups in total. The summed E-state index contributed by atoms with van der Waals surface area (Å²) >= 11 is 0. The standard InChI is InChI=1S/C13H26N2O/c1-2-3-8-15(13-6-9-16-11-13)10-12-5-4-7-14-12/h12-14H,2-11H2,1H3. The molecule has 0 spiro atoms. The van der Waals surface area contributed by atoms with Crippen molar-refractivity contribution in [1.82, 2.24) is 10.2 Å². The van der Waals surface area contributed by atoms with Gasteiger partial charge in [0.1, 0.15) is 0 Å². The number of nitrogens with zero attached hydrogens (tertiary/aromatic N) is 1. The van der Waals surface area contributed by atoms with Crippen LogP contribution in [-0.2, 0) is 4.74 Å². The van der Waals surface area contributed by atoms with E-state index < -0.39 is 0 Å². The van der Waals surface area contributed by atoms with Crippen LogP contribution in [-0.4, -0.2) is 49.8 Å². The predicted molar refractivity (Wildman–Crippen MR) is 66.7 cm³/mol. The van der Waals surface area contributed by atoms with E-state index in [0.717, 1.165) is 19.3 Å². The van der Waals surface area contributed by atoms with E-state index in [0.29, 0.717) is 6.04 Å². The maximum absolute atomic E-state index is 5.52. The third-order valence-electron chi connectivity index (χ3n) is 3.84. The van der Waals surface area contributed by atoms with Crippen LogP contribution < -0.4 is 5.32 Å². The van der Waals surface area contributed by atoms with Gasteiger partial charge < -0.3 is 10.1 Å². The van der Waals surface area contributed by atoms with Gasteiger partial charge in [-0.05, 0) is 38.8 Å². The molecule has 2 fully saturated rings. The van der Waals surface area contributed by atoms with Crippen molar-refractivity contribution in [2.45, 2.75) is 51.1 Å². The Balaban J connectivity index is 1.80. The molecule has 0 aromatic heterocycles. The van der Waals surface area contributed by atoms with Crippen molar-refractivity contribution in [2.24, 2.45) is 0 Å². The average molecular weight is 226 g/mol. The summed E-state index contributed by atoms with van der Waals surface area (Å²) in [5, 5.41) is 3.60. The van der Waals surface area contributed by atoms with Crippen LogP contribution in [0, 0.1) is 0 Å². The maximum atomic E-state index is 5.52. The van der Waals surface area contributed by atoms with Crippen molar-refractivity contribution in [1.29, 1.82) is 0 Å². The van der Waals surface area contributed by atoms with Gasteiger partial charge in [0.25, 0.3) is 0 Å². The Morgan fingerprint density at radius 1 is 1.38 bits per heavy atom. The van der Waals surface area contributed by atoms with Crippen LogP contribution >= 0.6 is 0 Å². The topological polar surface area (TPSA) is 24.5 Å². The molecule has 2 atom stereocenters. The zero-order chi connectivity index (χ0) is 11.2. The Bertz CT molecular complexity index is 186. The van der Waals surface area contributed by atoms with Crippen molar-refractivity contribution in [3.63, 3.8) is 0 Å². The highest BCUT2D eigenvalue weighted by Crippen LogP contribution is 2.16. The highest BCUT2D eigenvalue weighted by Gasteiger charge is 2.26. The van der Waals surface area contributed by atoms with E-state index in [1.54, 1.807) is 0 Å². The maximum Gasteiger partial charge on any atom is 0.0622 e. The van der Waals surface area contributed by atoms with Gasteiger partial charge in [0.15, 0.2) is 0 Å². The average Bonchev–Trinajstić information content (AvgIpc) is 2.96. The summed E-state index contributed by atoms with van der Waals surface area (Å²) in [5.41, 5.74) is 0. The molecule has 16 heavy (non-hydrogen) atoms. The molecule has 2 unspecified atom stereocenters. The lowest BCUT2D eigenvalue weighted by atomic mass is 10.1. The van der Waals surface area contributed by atoms with Crippen LogP contribution in [0.5, 0.6) is 0 Å². The zero-order valence-corrected chi connectivity index (χ0v) is 10.6. The second-order valence-corrected chi connectivity index (χ2v) is 5.16. The lowest BCUT2D eigenvalue weighted by Gasteiger charge is -2.30. The minimum atomic E-state index is 0.689. The molecule has 0 radical (unpaired) electrons. The van der Waals surface area contributed by atoms with Gasteiger partial charge >= 0.3 is 0 Å². The van der Waals surface area contributed by atoms with Gasteiger partial charge in [-0.25, -0.2) is 0 Å². The van der Waals surface area contributed by atoms with E-state index in [4.69, 9.17) is 4.74 Å². The van der Waals surface area contributed by atoms with Gasteiger partial charge in [-0.2, -0.15) is 0 Å². The minimum Gasteiger partial charge on any atom is -0.380 e. The van der Waals surface area contributed by atoms with E-state index >= 15 is 0 Å². The quantitative estimate of drug-likeness (QED) is 0.745. The monoisotopic (exact) mass is 226 g/mol. The molecule has 2 heterocycles. The Morgan fingerprint density at radius 2 is 2.31 bits per heavy atom. The Hall–Kier alpha value is -0.120. The van der Waals surface area contributed by atoms with Crippen molar-refractivity contribution in [3.8, 4) is 0 Å². The first-order valence-corrected chi connectivity index (χ1v) is 6.95. The van der Waals surface area contributed by atoms with E-state index in [2.05, 4.69) is 17.1 Å². The molecular formula is C13H26N2O. The molecule has 3 heteroatoms. The third-order valence-corrected chi connectivity index (χ3v) is 3.84. The zero-order valence-electron chi connectivity index (χ0n) is 10.6. The van der Waals surface area contributed by atoms with Gasteiger partial charge in [-0.3, -0.25) is 4.90 Å². The van der Waals surface area contributed by atoms with E-state index in [1.165, 1.54) is 51.7 Å². The molecule has 0 bridgehead atoms. The summed E-state index contributed by atoms with van der Waals surface area (Å²) in [4.78, 5) is 2.67. The Kier molecular flexibility index (Phi) is 5.07. The molecule has 3 nitrogen and oxygen atoms in total. The molecule has 0 saturated carbocycles. The minimum absolute atomic E-state index is 0.689. The molecular weight excluding hydrogens is 200 g/mol. The number of hydrogen-bond acceptors (Lipinski definition) is 3. The second-order valence-electron chi connectivity index (χ2n) is 5.16. The van der Waals surface area contributed by atoms with Crippen LogP contribution in [0.2, 0.25) is 0 Å². The summed E-state index contributed by atoms with van der Waals surface area (Å²) < 4.78 is 5.52. The number of rotatable bonds is 6. The lowest BCUT2D eigenvalue weighted by Crippen LogP contribution is -2.44. The van der Waals surface area contributed by atoms with Crippen molar-refractivity contribution < 1.29 is 4.74 Å². The summed E-state index contributed by atoms with van der Waals surface area (Å²) in [5.74, 6) is 0. The van der Waals surface area contributed by atoms with E-state index in [-0.39, 0.29) is 0 Å². The first kappa shape index (κ1) is 12.3. The Morgan fingerprint density at radius 3 is 2.94 bits per heavy atom. The fourth-order valence-corrected chi connectivity index (χ4v) is 2.79. The molecule has 2 saturated heterocycles. The molecule has 0 aliphatic carbocycles. The summed E-state index contributed by atoms with van der Waals surface area (Å²) in [6.07, 6.45) is 6.56. The predicted octanol–water partition coefficient (Wildman–Crippen LogP) is 1.63. The van der Waals surface area contributed by atoms with Crippen LogP contribution in [0.15, 0.2) is 0 Å². The molecule has 0 aromatic rings. The van der Waals surface area contributed by atoms with Crippen molar-refractivity contribution in [3.05, 3.63) is 0 Å². The first-order valence-electron chi connectivity index (χ1n) is 6.95. The number of unbranched alkanes of at least 4 members (excludes halogenated alkanes) is 1. The summed E-state index contributed by atoms with van der Waals surface area (Å²) in [7, 11) is 0. The third kappa shape index (κ3) is 3.44. The highest BCUT2D eigenvalue weighted by molar-refractivity contribution is 4.83. The molecule has 0 aromatic carbocycles. The van der Waals surface area contributed by atoms with Crippen LogP contribution in [0.3, 0.4) is 0 Å². The number of ether oxygens (including phenoxy) is 1. The molecule has 2 aliphatic rings. The largest absolute Gasteiger partial charge is 0.380 e. The molecule has 2 aliphatic heterocycles. The molecule has 0 amide bonds. The van der Waals surface area contributed by atoms with Crippen LogP contribution in [0.1, 0.15) is 39.0 Å². The van der Waals surface area contributed by atoms with Crippen LogP contribution in [0.25, 0.3) is 0 Å². The molecule has 2 rings (SSSR count). The highest BCUT2D eigenvalue weighted by atomic mass is 16.5. The molecule has 94 valence electrons. The van der Waals surface area contributed by atoms with Crippen LogP contribution in [0.4, 0.5) is 0 Å². The summed E-state index contributed by atoms with van der Waals surface area (Å²) in [6, 6.07) is 1.42.